The van der Waals surface area contributed by atoms with Crippen LogP contribution in [0.25, 0.3) is 6.08 Å². The van der Waals surface area contributed by atoms with E-state index in [-0.39, 0.29) is 18.1 Å². The molecule has 30 heavy (non-hydrogen) atoms. The van der Waals surface area contributed by atoms with Crippen molar-refractivity contribution >= 4 is 56.5 Å². The number of rotatable bonds is 6. The average Bonchev–Trinajstić information content (AvgIpc) is 2.96. The van der Waals surface area contributed by atoms with Gasteiger partial charge in [-0.05, 0) is 70.5 Å². The lowest BCUT2D eigenvalue weighted by molar-refractivity contribution is -0.127. The maximum atomic E-state index is 12.6. The van der Waals surface area contributed by atoms with Crippen LogP contribution in [0.3, 0.4) is 0 Å². The predicted octanol–water partition coefficient (Wildman–Crippen LogP) is 4.44. The number of ether oxygens (including phenoxy) is 1. The third-order valence-corrected chi connectivity index (χ3v) is 5.60. The molecule has 1 heterocycles. The average molecular weight is 485 g/mol. The Kier molecular flexibility index (Phi) is 6.98. The minimum atomic E-state index is -0.507. The molecule has 0 saturated carbocycles. The maximum Gasteiger partial charge on any atom is 0.294 e. The van der Waals surface area contributed by atoms with E-state index in [1.807, 2.05) is 19.1 Å². The summed E-state index contributed by atoms with van der Waals surface area (Å²) >= 11 is 4.19. The maximum absolute atomic E-state index is 12.6. The summed E-state index contributed by atoms with van der Waals surface area (Å²) in [6.07, 6.45) is 6.78. The van der Waals surface area contributed by atoms with Crippen LogP contribution in [-0.2, 0) is 9.59 Å². The number of hydrogen-bond donors (Lipinski definition) is 1. The van der Waals surface area contributed by atoms with Gasteiger partial charge in [0.15, 0.2) is 0 Å². The van der Waals surface area contributed by atoms with Crippen LogP contribution in [0.1, 0.15) is 11.1 Å². The number of anilines is 1. The van der Waals surface area contributed by atoms with Gasteiger partial charge in [0.1, 0.15) is 18.9 Å². The van der Waals surface area contributed by atoms with Crippen LogP contribution in [0, 0.1) is 19.3 Å². The monoisotopic (exact) mass is 484 g/mol. The molecule has 1 aliphatic heterocycles. The number of carbonyl (C=O) groups excluding carboxylic acids is 3. The van der Waals surface area contributed by atoms with Crippen molar-refractivity contribution in [1.82, 2.24) is 4.90 Å². The second kappa shape index (κ2) is 9.65. The van der Waals surface area contributed by atoms with E-state index in [0.29, 0.717) is 21.5 Å². The Bertz CT molecular complexity index is 1070. The van der Waals surface area contributed by atoms with Gasteiger partial charge >= 0.3 is 0 Å². The number of nitrogens with zero attached hydrogens (tertiary/aromatic N) is 1. The molecule has 1 fully saturated rings. The molecule has 0 radical (unpaired) electrons. The van der Waals surface area contributed by atoms with Crippen molar-refractivity contribution in [2.24, 2.45) is 0 Å². The Hall–Kier alpha value is -3.02. The zero-order chi connectivity index (χ0) is 21.7. The van der Waals surface area contributed by atoms with Crippen LogP contribution < -0.4 is 10.1 Å². The molecule has 2 aromatic rings. The van der Waals surface area contributed by atoms with Crippen LogP contribution in [0.2, 0.25) is 0 Å². The van der Waals surface area contributed by atoms with E-state index in [1.165, 1.54) is 0 Å². The summed E-state index contributed by atoms with van der Waals surface area (Å²) in [5.41, 5.74) is 2.36. The summed E-state index contributed by atoms with van der Waals surface area (Å²) in [4.78, 5) is 38.3. The third-order valence-electron chi connectivity index (χ3n) is 4.08. The van der Waals surface area contributed by atoms with Gasteiger partial charge in [0.25, 0.3) is 11.1 Å². The molecule has 6 nitrogen and oxygen atoms in total. The van der Waals surface area contributed by atoms with Crippen molar-refractivity contribution in [1.29, 1.82) is 0 Å². The van der Waals surface area contributed by atoms with Crippen molar-refractivity contribution < 1.29 is 19.1 Å². The normalized spacial score (nSPS) is 14.7. The molecule has 3 rings (SSSR count). The number of halogens is 1. The molecule has 0 bridgehead atoms. The highest BCUT2D eigenvalue weighted by molar-refractivity contribution is 9.10. The van der Waals surface area contributed by atoms with Crippen LogP contribution >= 0.6 is 27.7 Å². The van der Waals surface area contributed by atoms with E-state index in [1.54, 1.807) is 36.4 Å². The number of terminal acetylenes is 1. The van der Waals surface area contributed by atoms with Crippen LogP contribution in [0.5, 0.6) is 5.75 Å². The smallest absolute Gasteiger partial charge is 0.294 e. The molecule has 152 valence electrons. The summed E-state index contributed by atoms with van der Waals surface area (Å²) in [6.45, 7) is 1.73. The van der Waals surface area contributed by atoms with E-state index < -0.39 is 17.1 Å². The number of carbonyl (C=O) groups is 3. The third kappa shape index (κ3) is 5.32. The standard InChI is InChI=1S/C22H17BrN2O4S/c1-3-10-29-18-9-6-15(11-17(18)23)12-19-21(27)25(22(28)30-19)13-20(26)24-16-7-4-14(2)5-8-16/h1,4-9,11-12H,10,13H2,2H3,(H,24,26). The summed E-state index contributed by atoms with van der Waals surface area (Å²) in [5.74, 6) is 2.01. The molecule has 3 amide bonds. The van der Waals surface area contributed by atoms with Gasteiger partial charge in [-0.15, -0.1) is 6.42 Å². The molecule has 1 N–H and O–H groups in total. The van der Waals surface area contributed by atoms with E-state index >= 15 is 0 Å². The van der Waals surface area contributed by atoms with Crippen molar-refractivity contribution in [3.63, 3.8) is 0 Å². The number of hydrogen-bond acceptors (Lipinski definition) is 5. The van der Waals surface area contributed by atoms with Gasteiger partial charge in [0, 0.05) is 5.69 Å². The van der Waals surface area contributed by atoms with Crippen LogP contribution in [-0.4, -0.2) is 35.1 Å². The lowest BCUT2D eigenvalue weighted by Crippen LogP contribution is -2.36. The topological polar surface area (TPSA) is 75.7 Å². The SMILES string of the molecule is C#CCOc1ccc(C=C2SC(=O)N(CC(=O)Nc3ccc(C)cc3)C2=O)cc1Br. The molecule has 0 aromatic heterocycles. The van der Waals surface area contributed by atoms with Crippen LogP contribution in [0.4, 0.5) is 10.5 Å². The van der Waals surface area contributed by atoms with Crippen molar-refractivity contribution in [3.05, 3.63) is 63.0 Å². The Morgan fingerprint density at radius 2 is 2.00 bits per heavy atom. The highest BCUT2D eigenvalue weighted by atomic mass is 79.9. The number of imide groups is 1. The van der Waals surface area contributed by atoms with Gasteiger partial charge < -0.3 is 10.1 Å². The summed E-state index contributed by atoms with van der Waals surface area (Å²) in [7, 11) is 0. The first-order chi connectivity index (χ1) is 14.4. The first-order valence-electron chi connectivity index (χ1n) is 8.85. The number of amides is 3. The van der Waals surface area contributed by atoms with Gasteiger partial charge in [-0.1, -0.05) is 29.7 Å². The largest absolute Gasteiger partial charge is 0.480 e. The highest BCUT2D eigenvalue weighted by Crippen LogP contribution is 2.33. The molecule has 0 spiro atoms. The second-order valence-corrected chi connectivity index (χ2v) is 8.21. The van der Waals surface area contributed by atoms with Gasteiger partial charge in [0.05, 0.1) is 9.38 Å². The molecular weight excluding hydrogens is 468 g/mol. The fourth-order valence-corrected chi connectivity index (χ4v) is 3.96. The number of aryl methyl sites for hydroxylation is 1. The Balaban J connectivity index is 1.68. The van der Waals surface area contributed by atoms with Gasteiger partial charge in [-0.25, -0.2) is 0 Å². The van der Waals surface area contributed by atoms with E-state index in [2.05, 4.69) is 27.2 Å². The van der Waals surface area contributed by atoms with Gasteiger partial charge in [0.2, 0.25) is 5.91 Å². The molecule has 8 heteroatoms. The molecule has 0 unspecified atom stereocenters. The Labute approximate surface area is 186 Å². The van der Waals surface area contributed by atoms with E-state index in [9.17, 15) is 14.4 Å². The number of benzene rings is 2. The quantitative estimate of drug-likeness (QED) is 0.484. The van der Waals surface area contributed by atoms with Gasteiger partial charge in [-0.2, -0.15) is 0 Å². The van der Waals surface area contributed by atoms with Crippen molar-refractivity contribution in [2.75, 3.05) is 18.5 Å². The fourth-order valence-electron chi connectivity index (χ4n) is 2.61. The summed E-state index contributed by atoms with van der Waals surface area (Å²) < 4.78 is 6.05. The molecular formula is C22H17BrN2O4S. The van der Waals surface area contributed by atoms with Crippen molar-refractivity contribution in [2.45, 2.75) is 6.92 Å². The minimum Gasteiger partial charge on any atom is -0.480 e. The first kappa shape index (κ1) is 21.7. The van der Waals surface area contributed by atoms with Gasteiger partial charge in [-0.3, -0.25) is 19.3 Å². The predicted molar refractivity (Wildman–Crippen MR) is 121 cm³/mol. The summed E-state index contributed by atoms with van der Waals surface area (Å²) in [6, 6.07) is 12.5. The first-order valence-corrected chi connectivity index (χ1v) is 10.5. The molecule has 1 aliphatic rings. The second-order valence-electron chi connectivity index (χ2n) is 6.36. The summed E-state index contributed by atoms with van der Waals surface area (Å²) in [5, 5.41) is 2.20. The van der Waals surface area contributed by atoms with Crippen molar-refractivity contribution in [3.8, 4) is 18.1 Å². The molecule has 0 aliphatic carbocycles. The number of nitrogens with one attached hydrogen (secondary N) is 1. The fraction of sp³-hybridized carbons (Fsp3) is 0.136. The highest BCUT2D eigenvalue weighted by Gasteiger charge is 2.36. The zero-order valence-corrected chi connectivity index (χ0v) is 18.4. The lowest BCUT2D eigenvalue weighted by Gasteiger charge is -2.12. The zero-order valence-electron chi connectivity index (χ0n) is 16.0. The molecule has 1 saturated heterocycles. The minimum absolute atomic E-state index is 0.140. The molecule has 0 atom stereocenters. The number of thioether (sulfide) groups is 1. The lowest BCUT2D eigenvalue weighted by atomic mass is 10.2. The van der Waals surface area contributed by atoms with Crippen LogP contribution in [0.15, 0.2) is 51.8 Å². The molecule has 2 aromatic carbocycles. The Morgan fingerprint density at radius 3 is 2.67 bits per heavy atom. The van der Waals surface area contributed by atoms with E-state index in [4.69, 9.17) is 11.2 Å². The Morgan fingerprint density at radius 1 is 1.27 bits per heavy atom. The van der Waals surface area contributed by atoms with E-state index in [0.717, 1.165) is 22.2 Å².